The average Bonchev–Trinajstić information content (AvgIpc) is 2.40. The van der Waals surface area contributed by atoms with Crippen molar-refractivity contribution in [2.75, 3.05) is 27.2 Å². The maximum absolute atomic E-state index is 3.41. The van der Waals surface area contributed by atoms with E-state index in [0.29, 0.717) is 6.04 Å². The predicted octanol–water partition coefficient (Wildman–Crippen LogP) is 3.32. The first kappa shape index (κ1) is 15.2. The third-order valence-corrected chi connectivity index (χ3v) is 3.67. The van der Waals surface area contributed by atoms with Gasteiger partial charge in [-0.3, -0.25) is 0 Å². The number of nitrogens with zero attached hydrogens (tertiary/aromatic N) is 1. The van der Waals surface area contributed by atoms with Crippen LogP contribution in [0.1, 0.15) is 38.3 Å². The maximum atomic E-state index is 3.41. The molecule has 0 aliphatic heterocycles. The van der Waals surface area contributed by atoms with E-state index >= 15 is 0 Å². The Balaban J connectivity index is 2.40. The largest absolute Gasteiger partial charge is 0.313 e. The van der Waals surface area contributed by atoms with E-state index in [9.17, 15) is 0 Å². The molecule has 2 unspecified atom stereocenters. The van der Waals surface area contributed by atoms with Crippen LogP contribution in [0.5, 0.6) is 0 Å². The number of benzene rings is 1. The Hall–Kier alpha value is -0.860. The average molecular weight is 248 g/mol. The molecule has 2 nitrogen and oxygen atoms in total. The van der Waals surface area contributed by atoms with Crippen molar-refractivity contribution in [1.82, 2.24) is 10.2 Å². The molecule has 0 aromatic heterocycles. The lowest BCUT2D eigenvalue weighted by Crippen LogP contribution is -2.28. The van der Waals surface area contributed by atoms with E-state index < -0.39 is 0 Å². The second-order valence-electron chi connectivity index (χ2n) is 5.32. The van der Waals surface area contributed by atoms with Gasteiger partial charge in [0.2, 0.25) is 0 Å². The maximum Gasteiger partial charge on any atom is 0.0329 e. The third kappa shape index (κ3) is 5.19. The van der Waals surface area contributed by atoms with Crippen molar-refractivity contribution in [2.24, 2.45) is 5.92 Å². The molecule has 0 saturated carbocycles. The summed E-state index contributed by atoms with van der Waals surface area (Å²) in [4.78, 5) is 2.45. The molecular formula is C16H28N2. The van der Waals surface area contributed by atoms with Gasteiger partial charge in [-0.15, -0.1) is 0 Å². The van der Waals surface area contributed by atoms with Gasteiger partial charge in [0.05, 0.1) is 0 Å². The molecule has 18 heavy (non-hydrogen) atoms. The van der Waals surface area contributed by atoms with E-state index in [-0.39, 0.29) is 0 Å². The zero-order chi connectivity index (χ0) is 13.4. The van der Waals surface area contributed by atoms with E-state index in [1.54, 1.807) is 0 Å². The fourth-order valence-corrected chi connectivity index (χ4v) is 2.26. The van der Waals surface area contributed by atoms with Crippen LogP contribution in [0.25, 0.3) is 0 Å². The Kier molecular flexibility index (Phi) is 6.99. The van der Waals surface area contributed by atoms with Crippen molar-refractivity contribution >= 4 is 0 Å². The minimum absolute atomic E-state index is 0.464. The zero-order valence-electron chi connectivity index (χ0n) is 12.3. The molecule has 0 radical (unpaired) electrons. The molecule has 1 aromatic carbocycles. The summed E-state index contributed by atoms with van der Waals surface area (Å²) in [5, 5.41) is 3.41. The summed E-state index contributed by atoms with van der Waals surface area (Å²) in [6.07, 6.45) is 2.42. The molecule has 0 saturated heterocycles. The van der Waals surface area contributed by atoms with Crippen molar-refractivity contribution in [1.29, 1.82) is 0 Å². The predicted molar refractivity (Wildman–Crippen MR) is 79.8 cm³/mol. The molecule has 0 aliphatic carbocycles. The van der Waals surface area contributed by atoms with Crippen molar-refractivity contribution in [3.8, 4) is 0 Å². The lowest BCUT2D eigenvalue weighted by molar-refractivity contribution is 0.268. The zero-order valence-corrected chi connectivity index (χ0v) is 12.3. The summed E-state index contributed by atoms with van der Waals surface area (Å²) >= 11 is 0. The molecule has 0 amide bonds. The van der Waals surface area contributed by atoms with Crippen LogP contribution in [0.4, 0.5) is 0 Å². The summed E-state index contributed by atoms with van der Waals surface area (Å²) in [6, 6.07) is 11.2. The summed E-state index contributed by atoms with van der Waals surface area (Å²) in [7, 11) is 4.27. The molecule has 102 valence electrons. The highest BCUT2D eigenvalue weighted by Gasteiger charge is 2.10. The molecule has 1 N–H and O–H groups in total. The lowest BCUT2D eigenvalue weighted by atomic mass is 10.0. The number of rotatable bonds is 8. The van der Waals surface area contributed by atoms with E-state index in [1.807, 2.05) is 7.05 Å². The molecule has 0 heterocycles. The second kappa shape index (κ2) is 8.28. The Labute approximate surface area is 112 Å². The van der Waals surface area contributed by atoms with Crippen LogP contribution in [0.3, 0.4) is 0 Å². The quantitative estimate of drug-likeness (QED) is 0.759. The first-order valence-electron chi connectivity index (χ1n) is 7.08. The van der Waals surface area contributed by atoms with E-state index in [0.717, 1.165) is 18.9 Å². The fraction of sp³-hybridized carbons (Fsp3) is 0.625. The van der Waals surface area contributed by atoms with Gasteiger partial charge in [0.25, 0.3) is 0 Å². The van der Waals surface area contributed by atoms with Gasteiger partial charge in [0, 0.05) is 12.6 Å². The van der Waals surface area contributed by atoms with Gasteiger partial charge in [-0.1, -0.05) is 50.6 Å². The first-order valence-corrected chi connectivity index (χ1v) is 7.08. The summed E-state index contributed by atoms with van der Waals surface area (Å²) in [5.41, 5.74) is 1.39. The van der Waals surface area contributed by atoms with Crippen molar-refractivity contribution in [3.05, 3.63) is 35.9 Å². The van der Waals surface area contributed by atoms with Crippen LogP contribution in [-0.4, -0.2) is 32.1 Å². The van der Waals surface area contributed by atoms with Crippen LogP contribution in [-0.2, 0) is 0 Å². The smallest absolute Gasteiger partial charge is 0.0329 e. The third-order valence-electron chi connectivity index (χ3n) is 3.67. The second-order valence-corrected chi connectivity index (χ2v) is 5.32. The van der Waals surface area contributed by atoms with Crippen LogP contribution < -0.4 is 5.32 Å². The minimum atomic E-state index is 0.464. The normalized spacial score (nSPS) is 14.7. The van der Waals surface area contributed by atoms with Gasteiger partial charge in [-0.2, -0.15) is 0 Å². The Morgan fingerprint density at radius 1 is 1.22 bits per heavy atom. The highest BCUT2D eigenvalue weighted by Crippen LogP contribution is 2.16. The molecule has 0 bridgehead atoms. The van der Waals surface area contributed by atoms with Gasteiger partial charge in [0.15, 0.2) is 0 Å². The summed E-state index contributed by atoms with van der Waals surface area (Å²) < 4.78 is 0. The molecule has 1 aromatic rings. The standard InChI is InChI=1S/C16H28N2/c1-5-14(2)13-18(4)12-11-16(17-3)15-9-7-6-8-10-15/h6-10,14,16-17H,5,11-13H2,1-4H3. The Morgan fingerprint density at radius 3 is 2.44 bits per heavy atom. The molecule has 0 aliphatic rings. The Morgan fingerprint density at radius 2 is 1.89 bits per heavy atom. The van der Waals surface area contributed by atoms with Gasteiger partial charge >= 0.3 is 0 Å². The number of nitrogens with one attached hydrogen (secondary N) is 1. The van der Waals surface area contributed by atoms with Gasteiger partial charge in [-0.25, -0.2) is 0 Å². The summed E-state index contributed by atoms with van der Waals surface area (Å²) in [5.74, 6) is 0.791. The van der Waals surface area contributed by atoms with Gasteiger partial charge < -0.3 is 10.2 Å². The molecule has 0 spiro atoms. The molecular weight excluding hydrogens is 220 g/mol. The molecule has 0 fully saturated rings. The SMILES string of the molecule is CCC(C)CN(C)CCC(NC)c1ccccc1. The number of hydrogen-bond donors (Lipinski definition) is 1. The van der Waals surface area contributed by atoms with Crippen molar-refractivity contribution in [3.63, 3.8) is 0 Å². The Bertz CT molecular complexity index is 310. The van der Waals surface area contributed by atoms with Crippen LogP contribution in [0.2, 0.25) is 0 Å². The first-order chi connectivity index (χ1) is 8.67. The van der Waals surface area contributed by atoms with Gasteiger partial charge in [0.1, 0.15) is 0 Å². The lowest BCUT2D eigenvalue weighted by Gasteiger charge is -2.23. The van der Waals surface area contributed by atoms with Crippen LogP contribution >= 0.6 is 0 Å². The molecule has 1 rings (SSSR count). The monoisotopic (exact) mass is 248 g/mol. The van der Waals surface area contributed by atoms with E-state index in [1.165, 1.54) is 18.5 Å². The van der Waals surface area contributed by atoms with Crippen molar-refractivity contribution in [2.45, 2.75) is 32.7 Å². The van der Waals surface area contributed by atoms with E-state index in [2.05, 4.69) is 61.4 Å². The topological polar surface area (TPSA) is 15.3 Å². The van der Waals surface area contributed by atoms with Gasteiger partial charge in [-0.05, 0) is 38.5 Å². The van der Waals surface area contributed by atoms with E-state index in [4.69, 9.17) is 0 Å². The number of hydrogen-bond acceptors (Lipinski definition) is 2. The highest BCUT2D eigenvalue weighted by molar-refractivity contribution is 5.18. The fourth-order valence-electron chi connectivity index (χ4n) is 2.26. The van der Waals surface area contributed by atoms with Crippen LogP contribution in [0, 0.1) is 5.92 Å². The highest BCUT2D eigenvalue weighted by atomic mass is 15.1. The molecule has 2 atom stereocenters. The van der Waals surface area contributed by atoms with Crippen LogP contribution in [0.15, 0.2) is 30.3 Å². The van der Waals surface area contributed by atoms with Crippen molar-refractivity contribution < 1.29 is 0 Å². The summed E-state index contributed by atoms with van der Waals surface area (Å²) in [6.45, 7) is 6.93. The molecule has 2 heteroatoms. The minimum Gasteiger partial charge on any atom is -0.313 e.